The fourth-order valence-corrected chi connectivity index (χ4v) is 1.62. The van der Waals surface area contributed by atoms with Crippen molar-refractivity contribution in [2.75, 3.05) is 21.2 Å². The van der Waals surface area contributed by atoms with Crippen molar-refractivity contribution in [3.05, 3.63) is 29.3 Å². The SMILES string of the molecule is COc1ccc(C(C)C)cc1CN(C)C. The summed E-state index contributed by atoms with van der Waals surface area (Å²) in [5.41, 5.74) is 2.63. The summed E-state index contributed by atoms with van der Waals surface area (Å²) in [7, 11) is 5.87. The molecule has 0 saturated carbocycles. The van der Waals surface area contributed by atoms with E-state index in [1.165, 1.54) is 11.1 Å². The fraction of sp³-hybridized carbons (Fsp3) is 0.538. The predicted octanol–water partition coefficient (Wildman–Crippen LogP) is 2.88. The highest BCUT2D eigenvalue weighted by atomic mass is 16.5. The number of methoxy groups -OCH3 is 1. The average Bonchev–Trinajstić information content (AvgIpc) is 2.16. The lowest BCUT2D eigenvalue weighted by Gasteiger charge is -2.16. The van der Waals surface area contributed by atoms with Gasteiger partial charge < -0.3 is 9.64 Å². The Labute approximate surface area is 92.9 Å². The first-order chi connectivity index (χ1) is 7.04. The molecule has 0 aliphatic heterocycles. The summed E-state index contributed by atoms with van der Waals surface area (Å²) in [6.07, 6.45) is 0. The van der Waals surface area contributed by atoms with Crippen LogP contribution in [0.3, 0.4) is 0 Å². The molecular formula is C13H21NO. The van der Waals surface area contributed by atoms with Crippen LogP contribution in [0.5, 0.6) is 5.75 Å². The van der Waals surface area contributed by atoms with E-state index in [4.69, 9.17) is 4.74 Å². The molecule has 0 fully saturated rings. The second-order valence-electron chi connectivity index (χ2n) is 4.46. The third-order valence-corrected chi connectivity index (χ3v) is 2.46. The number of benzene rings is 1. The van der Waals surface area contributed by atoms with E-state index in [2.05, 4.69) is 51.0 Å². The van der Waals surface area contributed by atoms with Gasteiger partial charge in [-0.1, -0.05) is 26.0 Å². The molecule has 1 aromatic rings. The van der Waals surface area contributed by atoms with Gasteiger partial charge in [0.2, 0.25) is 0 Å². The van der Waals surface area contributed by atoms with E-state index in [1.54, 1.807) is 7.11 Å². The van der Waals surface area contributed by atoms with Gasteiger partial charge in [0.15, 0.2) is 0 Å². The van der Waals surface area contributed by atoms with Gasteiger partial charge >= 0.3 is 0 Å². The highest BCUT2D eigenvalue weighted by Gasteiger charge is 2.07. The molecule has 0 atom stereocenters. The number of rotatable bonds is 4. The van der Waals surface area contributed by atoms with Crippen LogP contribution in [0.2, 0.25) is 0 Å². The Balaban J connectivity index is 3.02. The second kappa shape index (κ2) is 5.17. The van der Waals surface area contributed by atoms with E-state index in [1.807, 2.05) is 0 Å². The van der Waals surface area contributed by atoms with Crippen molar-refractivity contribution in [1.82, 2.24) is 4.90 Å². The number of hydrogen-bond donors (Lipinski definition) is 0. The molecule has 0 bridgehead atoms. The quantitative estimate of drug-likeness (QED) is 0.752. The van der Waals surface area contributed by atoms with Crippen LogP contribution in [0.4, 0.5) is 0 Å². The van der Waals surface area contributed by atoms with E-state index in [0.29, 0.717) is 5.92 Å². The Kier molecular flexibility index (Phi) is 4.15. The molecule has 0 saturated heterocycles. The Morgan fingerprint density at radius 2 is 1.93 bits per heavy atom. The summed E-state index contributed by atoms with van der Waals surface area (Å²) in [6, 6.07) is 6.44. The monoisotopic (exact) mass is 207 g/mol. The van der Waals surface area contributed by atoms with Crippen molar-refractivity contribution in [1.29, 1.82) is 0 Å². The van der Waals surface area contributed by atoms with Crippen LogP contribution in [0.15, 0.2) is 18.2 Å². The summed E-state index contributed by atoms with van der Waals surface area (Å²) in [4.78, 5) is 2.15. The minimum absolute atomic E-state index is 0.566. The summed E-state index contributed by atoms with van der Waals surface area (Å²) in [6.45, 7) is 5.34. The van der Waals surface area contributed by atoms with E-state index in [9.17, 15) is 0 Å². The molecular weight excluding hydrogens is 186 g/mol. The lowest BCUT2D eigenvalue weighted by Crippen LogP contribution is -2.12. The van der Waals surface area contributed by atoms with Crippen LogP contribution in [-0.4, -0.2) is 26.1 Å². The number of nitrogens with zero attached hydrogens (tertiary/aromatic N) is 1. The minimum atomic E-state index is 0.566. The second-order valence-corrected chi connectivity index (χ2v) is 4.46. The molecule has 0 radical (unpaired) electrons. The van der Waals surface area contributed by atoms with Crippen molar-refractivity contribution in [2.45, 2.75) is 26.3 Å². The zero-order valence-corrected chi connectivity index (χ0v) is 10.4. The molecule has 15 heavy (non-hydrogen) atoms. The molecule has 2 nitrogen and oxygen atoms in total. The van der Waals surface area contributed by atoms with Gasteiger partial charge in [0.05, 0.1) is 7.11 Å². The van der Waals surface area contributed by atoms with Crippen LogP contribution in [0.1, 0.15) is 30.9 Å². The van der Waals surface area contributed by atoms with E-state index >= 15 is 0 Å². The van der Waals surface area contributed by atoms with Gasteiger partial charge in [-0.15, -0.1) is 0 Å². The van der Waals surface area contributed by atoms with Crippen LogP contribution >= 0.6 is 0 Å². The van der Waals surface area contributed by atoms with Gasteiger partial charge in [0.25, 0.3) is 0 Å². The van der Waals surface area contributed by atoms with Crippen LogP contribution < -0.4 is 4.74 Å². The van der Waals surface area contributed by atoms with E-state index in [-0.39, 0.29) is 0 Å². The van der Waals surface area contributed by atoms with Gasteiger partial charge in [-0.05, 0) is 31.6 Å². The predicted molar refractivity (Wildman–Crippen MR) is 64.5 cm³/mol. The summed E-state index contributed by atoms with van der Waals surface area (Å²) in [5, 5.41) is 0. The zero-order chi connectivity index (χ0) is 11.4. The van der Waals surface area contributed by atoms with Gasteiger partial charge in [-0.25, -0.2) is 0 Å². The first-order valence-electron chi connectivity index (χ1n) is 5.36. The highest BCUT2D eigenvalue weighted by molar-refractivity contribution is 5.38. The Bertz CT molecular complexity index is 318. The van der Waals surface area contributed by atoms with Crippen molar-refractivity contribution < 1.29 is 4.74 Å². The maximum absolute atomic E-state index is 5.35. The minimum Gasteiger partial charge on any atom is -0.496 e. The number of ether oxygens (including phenoxy) is 1. The largest absolute Gasteiger partial charge is 0.496 e. The first kappa shape index (κ1) is 12.1. The summed E-state index contributed by atoms with van der Waals surface area (Å²) >= 11 is 0. The molecule has 0 unspecified atom stereocenters. The summed E-state index contributed by atoms with van der Waals surface area (Å²) in [5.74, 6) is 1.55. The van der Waals surface area contributed by atoms with Crippen LogP contribution in [-0.2, 0) is 6.54 Å². The number of hydrogen-bond acceptors (Lipinski definition) is 2. The molecule has 1 rings (SSSR count). The Morgan fingerprint density at radius 1 is 1.27 bits per heavy atom. The molecule has 0 aliphatic carbocycles. The third kappa shape index (κ3) is 3.24. The van der Waals surface area contributed by atoms with Gasteiger partial charge in [-0.3, -0.25) is 0 Å². The van der Waals surface area contributed by atoms with Gasteiger partial charge in [0, 0.05) is 12.1 Å². The molecule has 2 heteroatoms. The van der Waals surface area contributed by atoms with Crippen molar-refractivity contribution in [2.24, 2.45) is 0 Å². The van der Waals surface area contributed by atoms with E-state index in [0.717, 1.165) is 12.3 Å². The normalized spacial score (nSPS) is 11.1. The molecule has 0 N–H and O–H groups in total. The molecule has 0 spiro atoms. The fourth-order valence-electron chi connectivity index (χ4n) is 1.62. The van der Waals surface area contributed by atoms with Crippen LogP contribution in [0, 0.1) is 0 Å². The topological polar surface area (TPSA) is 12.5 Å². The summed E-state index contributed by atoms with van der Waals surface area (Å²) < 4.78 is 5.35. The third-order valence-electron chi connectivity index (χ3n) is 2.46. The average molecular weight is 207 g/mol. The molecule has 0 heterocycles. The lowest BCUT2D eigenvalue weighted by atomic mass is 10.00. The molecule has 0 amide bonds. The van der Waals surface area contributed by atoms with Crippen molar-refractivity contribution in [3.63, 3.8) is 0 Å². The molecule has 84 valence electrons. The van der Waals surface area contributed by atoms with E-state index < -0.39 is 0 Å². The maximum atomic E-state index is 5.35. The molecule has 0 aromatic heterocycles. The first-order valence-corrected chi connectivity index (χ1v) is 5.36. The van der Waals surface area contributed by atoms with Crippen molar-refractivity contribution in [3.8, 4) is 5.75 Å². The van der Waals surface area contributed by atoms with Crippen molar-refractivity contribution >= 4 is 0 Å². The Hall–Kier alpha value is -1.02. The zero-order valence-electron chi connectivity index (χ0n) is 10.4. The van der Waals surface area contributed by atoms with Crippen LogP contribution in [0.25, 0.3) is 0 Å². The Morgan fingerprint density at radius 3 is 2.40 bits per heavy atom. The van der Waals surface area contributed by atoms with Gasteiger partial charge in [0.1, 0.15) is 5.75 Å². The highest BCUT2D eigenvalue weighted by Crippen LogP contribution is 2.24. The van der Waals surface area contributed by atoms with Gasteiger partial charge in [-0.2, -0.15) is 0 Å². The molecule has 1 aromatic carbocycles. The maximum Gasteiger partial charge on any atom is 0.123 e. The lowest BCUT2D eigenvalue weighted by molar-refractivity contribution is 0.371. The standard InChI is InChI=1S/C13H21NO/c1-10(2)11-6-7-13(15-5)12(8-11)9-14(3)4/h6-8,10H,9H2,1-5H3. The molecule has 0 aliphatic rings. The smallest absolute Gasteiger partial charge is 0.123 e.